The van der Waals surface area contributed by atoms with Crippen molar-refractivity contribution in [1.29, 1.82) is 0 Å². The summed E-state index contributed by atoms with van der Waals surface area (Å²) < 4.78 is 19.1. The molecule has 0 saturated heterocycles. The summed E-state index contributed by atoms with van der Waals surface area (Å²) in [5.41, 5.74) is 1.94. The van der Waals surface area contributed by atoms with Crippen molar-refractivity contribution < 1.29 is 13.9 Å². The topological polar surface area (TPSA) is 50.4 Å². The number of rotatable bonds is 4. The fraction of sp³-hybridized carbons (Fsp3) is 0.368. The Morgan fingerprint density at radius 1 is 1.23 bits per heavy atom. The lowest BCUT2D eigenvalue weighted by molar-refractivity contribution is 0.0527. The van der Waals surface area contributed by atoms with Crippen molar-refractivity contribution in [3.63, 3.8) is 0 Å². The molecule has 0 unspecified atom stereocenters. The number of hydrogen-bond donors (Lipinski definition) is 2. The summed E-state index contributed by atoms with van der Waals surface area (Å²) in [6.45, 7) is 2.11. The Morgan fingerprint density at radius 2 is 2.00 bits per heavy atom. The molecule has 0 fully saturated rings. The molecule has 2 aromatic rings. The highest BCUT2D eigenvalue weighted by molar-refractivity contribution is 7.80. The summed E-state index contributed by atoms with van der Waals surface area (Å²) in [6, 6.07) is 6.32. The van der Waals surface area contributed by atoms with Crippen molar-refractivity contribution in [2.45, 2.75) is 39.0 Å². The molecular formula is C19H21FN2O2S2. The second-order valence-electron chi connectivity index (χ2n) is 6.05. The van der Waals surface area contributed by atoms with Crippen LogP contribution in [0.1, 0.15) is 47.0 Å². The maximum Gasteiger partial charge on any atom is 0.341 e. The van der Waals surface area contributed by atoms with Gasteiger partial charge in [-0.2, -0.15) is 0 Å². The van der Waals surface area contributed by atoms with Crippen molar-refractivity contribution in [3.8, 4) is 0 Å². The summed E-state index contributed by atoms with van der Waals surface area (Å²) in [7, 11) is 0. The van der Waals surface area contributed by atoms with Gasteiger partial charge < -0.3 is 15.4 Å². The fourth-order valence-electron chi connectivity index (χ4n) is 3.07. The molecule has 0 spiro atoms. The van der Waals surface area contributed by atoms with Gasteiger partial charge in [0.2, 0.25) is 0 Å². The van der Waals surface area contributed by atoms with Crippen LogP contribution in [0.15, 0.2) is 24.3 Å². The zero-order chi connectivity index (χ0) is 18.5. The Kier molecular flexibility index (Phi) is 6.21. The molecule has 138 valence electrons. The van der Waals surface area contributed by atoms with E-state index in [9.17, 15) is 9.18 Å². The van der Waals surface area contributed by atoms with E-state index in [-0.39, 0.29) is 16.9 Å². The molecule has 0 amide bonds. The molecule has 0 aliphatic heterocycles. The molecular weight excluding hydrogens is 371 g/mol. The van der Waals surface area contributed by atoms with Gasteiger partial charge in [0.05, 0.1) is 17.9 Å². The summed E-state index contributed by atoms with van der Waals surface area (Å²) in [6.07, 6.45) is 5.18. The number of ether oxygens (including phenoxy) is 1. The van der Waals surface area contributed by atoms with Gasteiger partial charge in [0.1, 0.15) is 10.8 Å². The SMILES string of the molecule is CCOC(=O)c1c(NC(=S)Nc2ccccc2F)sc2c1CCCCC2. The highest BCUT2D eigenvalue weighted by Gasteiger charge is 2.26. The van der Waals surface area contributed by atoms with E-state index < -0.39 is 0 Å². The first-order chi connectivity index (χ1) is 12.6. The molecule has 1 heterocycles. The van der Waals surface area contributed by atoms with E-state index in [1.165, 1.54) is 28.7 Å². The van der Waals surface area contributed by atoms with Gasteiger partial charge >= 0.3 is 5.97 Å². The van der Waals surface area contributed by atoms with E-state index >= 15 is 0 Å². The number of fused-ring (bicyclic) bond motifs is 1. The van der Waals surface area contributed by atoms with Gasteiger partial charge in [-0.1, -0.05) is 18.6 Å². The number of nitrogens with one attached hydrogen (secondary N) is 2. The predicted octanol–water partition coefficient (Wildman–Crippen LogP) is 5.14. The van der Waals surface area contributed by atoms with Crippen LogP contribution in [-0.4, -0.2) is 17.7 Å². The van der Waals surface area contributed by atoms with Crippen LogP contribution in [0, 0.1) is 5.82 Å². The van der Waals surface area contributed by atoms with E-state index in [1.54, 1.807) is 25.1 Å². The number of para-hydroxylation sites is 1. The Balaban J connectivity index is 1.85. The lowest BCUT2D eigenvalue weighted by Crippen LogP contribution is -2.21. The summed E-state index contributed by atoms with van der Waals surface area (Å²) in [5.74, 6) is -0.715. The van der Waals surface area contributed by atoms with Crippen LogP contribution < -0.4 is 10.6 Å². The van der Waals surface area contributed by atoms with E-state index in [4.69, 9.17) is 17.0 Å². The zero-order valence-electron chi connectivity index (χ0n) is 14.6. The third-order valence-electron chi connectivity index (χ3n) is 4.25. The Hall–Kier alpha value is -1.99. The average Bonchev–Trinajstić information content (AvgIpc) is 2.78. The van der Waals surface area contributed by atoms with Crippen LogP contribution in [0.2, 0.25) is 0 Å². The minimum absolute atomic E-state index is 0.247. The van der Waals surface area contributed by atoms with Crippen LogP contribution in [-0.2, 0) is 17.6 Å². The number of benzene rings is 1. The molecule has 0 bridgehead atoms. The van der Waals surface area contributed by atoms with Crippen LogP contribution in [0.5, 0.6) is 0 Å². The molecule has 0 saturated carbocycles. The van der Waals surface area contributed by atoms with E-state index in [1.807, 2.05) is 0 Å². The third kappa shape index (κ3) is 4.22. The Bertz CT molecular complexity index is 820. The van der Waals surface area contributed by atoms with Crippen molar-refractivity contribution >= 4 is 45.3 Å². The maximum atomic E-state index is 13.8. The van der Waals surface area contributed by atoms with Gasteiger partial charge in [0.25, 0.3) is 0 Å². The smallest absolute Gasteiger partial charge is 0.341 e. The fourth-order valence-corrected chi connectivity index (χ4v) is 4.63. The Morgan fingerprint density at radius 3 is 2.77 bits per heavy atom. The van der Waals surface area contributed by atoms with Crippen LogP contribution >= 0.6 is 23.6 Å². The minimum Gasteiger partial charge on any atom is -0.462 e. The standard InChI is InChI=1S/C19H21FN2O2S2/c1-2-24-18(23)16-12-8-4-3-5-11-15(12)26-17(16)22-19(25)21-14-10-7-6-9-13(14)20/h6-7,9-10H,2-5,8,11H2,1H3,(H2,21,22,25). The number of thiophene rings is 1. The first kappa shape index (κ1) is 18.8. The maximum absolute atomic E-state index is 13.8. The Labute approximate surface area is 161 Å². The molecule has 1 aliphatic carbocycles. The second-order valence-corrected chi connectivity index (χ2v) is 7.56. The van der Waals surface area contributed by atoms with Crippen LogP contribution in [0.25, 0.3) is 0 Å². The van der Waals surface area contributed by atoms with Crippen molar-refractivity contribution in [1.82, 2.24) is 0 Å². The number of aryl methyl sites for hydroxylation is 1. The van der Waals surface area contributed by atoms with Gasteiger partial charge in [-0.05, 0) is 62.5 Å². The number of halogens is 1. The van der Waals surface area contributed by atoms with Gasteiger partial charge in [0.15, 0.2) is 5.11 Å². The lowest BCUT2D eigenvalue weighted by Gasteiger charge is -2.12. The minimum atomic E-state index is -0.385. The van der Waals surface area contributed by atoms with E-state index in [2.05, 4.69) is 10.6 Å². The normalized spacial score (nSPS) is 13.5. The lowest BCUT2D eigenvalue weighted by atomic mass is 10.1. The molecule has 3 rings (SSSR count). The molecule has 0 radical (unpaired) electrons. The molecule has 1 aromatic carbocycles. The molecule has 1 aromatic heterocycles. The van der Waals surface area contributed by atoms with Gasteiger partial charge in [-0.15, -0.1) is 11.3 Å². The summed E-state index contributed by atoms with van der Waals surface area (Å²) in [5, 5.41) is 6.84. The second kappa shape index (κ2) is 8.60. The molecule has 0 atom stereocenters. The van der Waals surface area contributed by atoms with Gasteiger partial charge in [-0.3, -0.25) is 0 Å². The van der Waals surface area contributed by atoms with Gasteiger partial charge in [0, 0.05) is 4.88 Å². The van der Waals surface area contributed by atoms with Crippen molar-refractivity contribution in [3.05, 3.63) is 46.1 Å². The van der Waals surface area contributed by atoms with Crippen molar-refractivity contribution in [2.75, 3.05) is 17.2 Å². The number of hydrogen-bond acceptors (Lipinski definition) is 4. The predicted molar refractivity (Wildman–Crippen MR) is 108 cm³/mol. The summed E-state index contributed by atoms with van der Waals surface area (Å²) >= 11 is 6.86. The van der Waals surface area contributed by atoms with Gasteiger partial charge in [-0.25, -0.2) is 9.18 Å². The quantitative estimate of drug-likeness (QED) is 0.429. The third-order valence-corrected chi connectivity index (χ3v) is 5.66. The van der Waals surface area contributed by atoms with Crippen molar-refractivity contribution in [2.24, 2.45) is 0 Å². The zero-order valence-corrected chi connectivity index (χ0v) is 16.2. The number of thiocarbonyl (C=S) groups is 1. The molecule has 4 nitrogen and oxygen atoms in total. The molecule has 7 heteroatoms. The monoisotopic (exact) mass is 392 g/mol. The number of esters is 1. The summed E-state index contributed by atoms with van der Waals surface area (Å²) in [4.78, 5) is 13.7. The molecule has 2 N–H and O–H groups in total. The van der Waals surface area contributed by atoms with Crippen LogP contribution in [0.4, 0.5) is 15.1 Å². The number of anilines is 2. The van der Waals surface area contributed by atoms with E-state index in [0.29, 0.717) is 22.9 Å². The average molecular weight is 393 g/mol. The largest absolute Gasteiger partial charge is 0.462 e. The molecule has 26 heavy (non-hydrogen) atoms. The highest BCUT2D eigenvalue weighted by atomic mass is 32.1. The first-order valence-corrected chi connectivity index (χ1v) is 9.96. The number of carbonyl (C=O) groups excluding carboxylic acids is 1. The highest BCUT2D eigenvalue weighted by Crippen LogP contribution is 2.38. The van der Waals surface area contributed by atoms with E-state index in [0.717, 1.165) is 31.2 Å². The first-order valence-electron chi connectivity index (χ1n) is 8.74. The van der Waals surface area contributed by atoms with Crippen LogP contribution in [0.3, 0.4) is 0 Å². The number of carbonyl (C=O) groups is 1. The molecule has 1 aliphatic rings.